The summed E-state index contributed by atoms with van der Waals surface area (Å²) in [7, 11) is 0. The van der Waals surface area contributed by atoms with E-state index in [4.69, 9.17) is 16.3 Å². The van der Waals surface area contributed by atoms with E-state index in [9.17, 15) is 9.90 Å². The zero-order valence-corrected chi connectivity index (χ0v) is 13.0. The van der Waals surface area contributed by atoms with Gasteiger partial charge in [0.1, 0.15) is 0 Å². The maximum absolute atomic E-state index is 11.9. The maximum Gasteiger partial charge on any atom is 0.408 e. The first-order valence-electron chi connectivity index (χ1n) is 6.99. The third-order valence-electron chi connectivity index (χ3n) is 3.16. The van der Waals surface area contributed by atoms with E-state index in [0.717, 1.165) is 5.56 Å². The molecule has 0 heterocycles. The summed E-state index contributed by atoms with van der Waals surface area (Å²) in [5.74, 6) is 0. The average Bonchev–Trinajstić information content (AvgIpc) is 2.52. The van der Waals surface area contributed by atoms with Crippen molar-refractivity contribution in [1.29, 1.82) is 0 Å². The lowest BCUT2D eigenvalue weighted by Gasteiger charge is -2.22. The van der Waals surface area contributed by atoms with Crippen LogP contribution in [0.5, 0.6) is 0 Å². The number of nitrogens with one attached hydrogen (secondary N) is 1. The summed E-state index contributed by atoms with van der Waals surface area (Å²) in [5.41, 5.74) is 1.54. The maximum atomic E-state index is 11.9. The Bertz CT molecular complexity index is 616. The molecule has 1 amide bonds. The predicted octanol–water partition coefficient (Wildman–Crippen LogP) is 3.69. The molecule has 0 aliphatic heterocycles. The van der Waals surface area contributed by atoms with Crippen LogP contribution in [0.25, 0.3) is 0 Å². The smallest absolute Gasteiger partial charge is 0.408 e. The average molecular weight is 320 g/mol. The molecule has 0 fully saturated rings. The molecule has 2 aromatic carbocycles. The summed E-state index contributed by atoms with van der Waals surface area (Å²) in [5, 5.41) is 13.0. The van der Waals surface area contributed by atoms with Crippen LogP contribution >= 0.6 is 11.6 Å². The molecule has 0 saturated carbocycles. The number of rotatable bonds is 5. The van der Waals surface area contributed by atoms with Crippen LogP contribution in [-0.4, -0.2) is 17.3 Å². The lowest BCUT2D eigenvalue weighted by Crippen LogP contribution is -2.29. The van der Waals surface area contributed by atoms with Crippen LogP contribution in [0.3, 0.4) is 0 Å². The molecule has 5 heteroatoms. The highest BCUT2D eigenvalue weighted by atomic mass is 35.5. The lowest BCUT2D eigenvalue weighted by molar-refractivity contribution is 0.0106. The minimum absolute atomic E-state index is 0.356. The van der Waals surface area contributed by atoms with Gasteiger partial charge in [-0.3, -0.25) is 0 Å². The molecule has 2 atom stereocenters. The highest BCUT2D eigenvalue weighted by molar-refractivity contribution is 6.31. The van der Waals surface area contributed by atoms with Crippen molar-refractivity contribution in [2.45, 2.75) is 25.7 Å². The van der Waals surface area contributed by atoms with E-state index in [0.29, 0.717) is 17.1 Å². The molecule has 2 rings (SSSR count). The zero-order valence-electron chi connectivity index (χ0n) is 12.2. The van der Waals surface area contributed by atoms with Crippen molar-refractivity contribution < 1.29 is 14.6 Å². The topological polar surface area (TPSA) is 58.6 Å². The summed E-state index contributed by atoms with van der Waals surface area (Å²) in [6.07, 6.45) is -2.29. The van der Waals surface area contributed by atoms with Gasteiger partial charge in [-0.15, -0.1) is 0 Å². The zero-order chi connectivity index (χ0) is 15.9. The number of carbonyl (C=O) groups excluding carboxylic acids is 1. The van der Waals surface area contributed by atoms with Crippen molar-refractivity contribution in [2.24, 2.45) is 0 Å². The van der Waals surface area contributed by atoms with Gasteiger partial charge < -0.3 is 15.2 Å². The van der Waals surface area contributed by atoms with Crippen LogP contribution in [0, 0.1) is 0 Å². The van der Waals surface area contributed by atoms with Gasteiger partial charge in [0, 0.05) is 17.1 Å². The number of hydrogen-bond acceptors (Lipinski definition) is 3. The largest absolute Gasteiger partial charge is 0.439 e. The van der Waals surface area contributed by atoms with Gasteiger partial charge in [-0.2, -0.15) is 0 Å². The van der Waals surface area contributed by atoms with E-state index in [-0.39, 0.29) is 0 Å². The van der Waals surface area contributed by atoms with Gasteiger partial charge in [0.05, 0.1) is 6.10 Å². The Balaban J connectivity index is 1.99. The van der Waals surface area contributed by atoms with Gasteiger partial charge in [-0.1, -0.05) is 60.1 Å². The minimum atomic E-state index is -0.873. The molecule has 2 N–H and O–H groups in total. The molecule has 2 aromatic rings. The summed E-state index contributed by atoms with van der Waals surface area (Å²) in [4.78, 5) is 11.9. The van der Waals surface area contributed by atoms with Gasteiger partial charge in [-0.25, -0.2) is 4.79 Å². The summed E-state index contributed by atoms with van der Waals surface area (Å²) < 4.78 is 5.32. The Labute approximate surface area is 134 Å². The number of ether oxygens (including phenoxy) is 1. The number of carbonyl (C=O) groups is 1. The Hall–Kier alpha value is -2.04. The normalized spacial score (nSPS) is 13.2. The third kappa shape index (κ3) is 4.48. The van der Waals surface area contributed by atoms with E-state index < -0.39 is 18.3 Å². The minimum Gasteiger partial charge on any atom is -0.439 e. The van der Waals surface area contributed by atoms with Crippen molar-refractivity contribution in [3.05, 3.63) is 70.7 Å². The summed E-state index contributed by atoms with van der Waals surface area (Å²) in [6.45, 7) is 1.91. The van der Waals surface area contributed by atoms with Gasteiger partial charge in [0.25, 0.3) is 0 Å². The SMILES string of the molecule is C[C@@H](O)[C@H](OC(=O)NCc1ccccc1)c1ccccc1Cl. The highest BCUT2D eigenvalue weighted by Crippen LogP contribution is 2.28. The second-order valence-corrected chi connectivity index (χ2v) is 5.33. The Morgan fingerprint density at radius 1 is 1.18 bits per heavy atom. The fourth-order valence-corrected chi connectivity index (χ4v) is 2.30. The first-order chi connectivity index (χ1) is 10.6. The number of amides is 1. The fraction of sp³-hybridized carbons (Fsp3) is 0.235. The molecular formula is C17H18ClNO3. The molecule has 0 aliphatic carbocycles. The second-order valence-electron chi connectivity index (χ2n) is 4.93. The predicted molar refractivity (Wildman–Crippen MR) is 85.6 cm³/mol. The number of aliphatic hydroxyl groups excluding tert-OH is 1. The van der Waals surface area contributed by atoms with Gasteiger partial charge in [0.15, 0.2) is 6.10 Å². The van der Waals surface area contributed by atoms with E-state index in [2.05, 4.69) is 5.32 Å². The number of alkyl carbamates (subject to hydrolysis) is 1. The van der Waals surface area contributed by atoms with E-state index in [1.807, 2.05) is 30.3 Å². The molecule has 4 nitrogen and oxygen atoms in total. The molecule has 0 saturated heterocycles. The Kier molecular flexibility index (Phi) is 5.81. The molecule has 22 heavy (non-hydrogen) atoms. The summed E-state index contributed by atoms with van der Waals surface area (Å²) in [6, 6.07) is 16.5. The van der Waals surface area contributed by atoms with E-state index in [1.54, 1.807) is 31.2 Å². The first-order valence-corrected chi connectivity index (χ1v) is 7.36. The number of hydrogen-bond donors (Lipinski definition) is 2. The molecular weight excluding hydrogens is 302 g/mol. The molecule has 116 valence electrons. The van der Waals surface area contributed by atoms with E-state index in [1.165, 1.54) is 0 Å². The van der Waals surface area contributed by atoms with Crippen LogP contribution in [-0.2, 0) is 11.3 Å². The van der Waals surface area contributed by atoms with Crippen LogP contribution in [0.4, 0.5) is 4.79 Å². The second kappa shape index (κ2) is 7.82. The Morgan fingerprint density at radius 3 is 2.45 bits per heavy atom. The van der Waals surface area contributed by atoms with Crippen molar-refractivity contribution in [1.82, 2.24) is 5.32 Å². The molecule has 0 radical (unpaired) electrons. The van der Waals surface area contributed by atoms with Crippen LogP contribution < -0.4 is 5.32 Å². The number of benzene rings is 2. The van der Waals surface area contributed by atoms with Crippen molar-refractivity contribution >= 4 is 17.7 Å². The molecule has 0 aromatic heterocycles. The third-order valence-corrected chi connectivity index (χ3v) is 3.51. The van der Waals surface area contributed by atoms with Gasteiger partial charge >= 0.3 is 6.09 Å². The number of aliphatic hydroxyl groups is 1. The van der Waals surface area contributed by atoms with Crippen LogP contribution in [0.15, 0.2) is 54.6 Å². The van der Waals surface area contributed by atoms with Crippen molar-refractivity contribution in [3.8, 4) is 0 Å². The highest BCUT2D eigenvalue weighted by Gasteiger charge is 2.23. The molecule has 0 spiro atoms. The van der Waals surface area contributed by atoms with Crippen LogP contribution in [0.1, 0.15) is 24.2 Å². The van der Waals surface area contributed by atoms with Gasteiger partial charge in [-0.05, 0) is 18.6 Å². The standard InChI is InChI=1S/C17H18ClNO3/c1-12(20)16(14-9-5-6-10-15(14)18)22-17(21)19-11-13-7-3-2-4-8-13/h2-10,12,16,20H,11H2,1H3,(H,19,21)/t12-,16+/m1/s1. The van der Waals surface area contributed by atoms with Crippen molar-refractivity contribution in [2.75, 3.05) is 0 Å². The lowest BCUT2D eigenvalue weighted by atomic mass is 10.1. The van der Waals surface area contributed by atoms with E-state index >= 15 is 0 Å². The van der Waals surface area contributed by atoms with Gasteiger partial charge in [0.2, 0.25) is 0 Å². The fourth-order valence-electron chi connectivity index (χ4n) is 2.05. The quantitative estimate of drug-likeness (QED) is 0.883. The van der Waals surface area contributed by atoms with Crippen molar-refractivity contribution in [3.63, 3.8) is 0 Å². The number of halogens is 1. The monoisotopic (exact) mass is 319 g/mol. The molecule has 0 aliphatic rings. The Morgan fingerprint density at radius 2 is 1.82 bits per heavy atom. The summed E-state index contributed by atoms with van der Waals surface area (Å²) >= 11 is 6.10. The molecule has 0 bridgehead atoms. The molecule has 0 unspecified atom stereocenters. The first kappa shape index (κ1) is 16.3. The van der Waals surface area contributed by atoms with Crippen LogP contribution in [0.2, 0.25) is 5.02 Å².